The van der Waals surface area contributed by atoms with E-state index in [-0.39, 0.29) is 81.0 Å². The largest absolute Gasteiger partial charge is 0.508 e. The minimum absolute atomic E-state index is 0.00580. The lowest BCUT2D eigenvalue weighted by Gasteiger charge is -2.29. The van der Waals surface area contributed by atoms with Gasteiger partial charge in [-0.05, 0) is 180 Å². The van der Waals surface area contributed by atoms with Crippen molar-refractivity contribution in [1.82, 2.24) is 39.1 Å². The van der Waals surface area contributed by atoms with Crippen molar-refractivity contribution in [3.05, 3.63) is 192 Å². The molecule has 0 aliphatic carbocycles. The number of amides is 4. The van der Waals surface area contributed by atoms with E-state index < -0.39 is 58.4 Å². The van der Waals surface area contributed by atoms with E-state index >= 15 is 0 Å². The van der Waals surface area contributed by atoms with Crippen LogP contribution in [0.4, 0.5) is 34.1 Å². The van der Waals surface area contributed by atoms with E-state index in [1.165, 1.54) is 32.9 Å². The van der Waals surface area contributed by atoms with Crippen LogP contribution >= 0.6 is 11.6 Å². The summed E-state index contributed by atoms with van der Waals surface area (Å²) >= 11 is 5.67. The summed E-state index contributed by atoms with van der Waals surface area (Å²) in [5, 5.41) is 30.7. The zero-order valence-electron chi connectivity index (χ0n) is 59.6. The molecule has 0 saturated heterocycles. The SMILES string of the molecule is CC(C)(C)OC(=O)CCN(CC(=O)N1CCc2cc(O)ccc21)C(=O)OC(C)(C)C.CC(C)(C)OC(=O)CCN(CC(=O)N1CCc2cc(OCc3cnn(-c4ccccc4)c3C(F)(F)F)ccc21)C(=O)OC(C)(C)C.ClCc1cnn(-c2ccccc2)c1.OCc1cnn(-c2ccccc2)c1. The van der Waals surface area contributed by atoms with Gasteiger partial charge in [0.2, 0.25) is 11.8 Å². The summed E-state index contributed by atoms with van der Waals surface area (Å²) in [5.41, 5.74) is 3.22. The van der Waals surface area contributed by atoms with Crippen molar-refractivity contribution in [3.8, 4) is 28.6 Å². The number of carbonyl (C=O) groups is 6. The summed E-state index contributed by atoms with van der Waals surface area (Å²) in [6.07, 6.45) is 3.20. The Bertz CT molecular complexity index is 4020. The molecule has 23 nitrogen and oxygen atoms in total. The van der Waals surface area contributed by atoms with Crippen LogP contribution < -0.4 is 14.5 Å². The van der Waals surface area contributed by atoms with Crippen LogP contribution in [0.1, 0.15) is 129 Å². The van der Waals surface area contributed by atoms with Gasteiger partial charge in [0.1, 0.15) is 53.6 Å². The smallest absolute Gasteiger partial charge is 0.433 e. The summed E-state index contributed by atoms with van der Waals surface area (Å²) in [6.45, 7) is 20.7. The highest BCUT2D eigenvalue weighted by atomic mass is 35.5. The summed E-state index contributed by atoms with van der Waals surface area (Å²) in [5.74, 6) is -0.641. The van der Waals surface area contributed by atoms with Crippen LogP contribution in [-0.4, -0.2) is 147 Å². The van der Waals surface area contributed by atoms with Gasteiger partial charge in [0, 0.05) is 66.6 Å². The quantitative estimate of drug-likeness (QED) is 0.0460. The number of aliphatic hydroxyl groups is 1. The average Bonchev–Trinajstić information content (AvgIpc) is 1.64. The van der Waals surface area contributed by atoms with Gasteiger partial charge >= 0.3 is 30.3 Å². The Morgan fingerprint density at radius 2 is 0.951 bits per heavy atom. The molecule has 0 bridgehead atoms. The third-order valence-corrected chi connectivity index (χ3v) is 14.9. The third kappa shape index (κ3) is 24.6. The molecule has 8 aromatic rings. The Balaban J connectivity index is 0.000000219. The predicted octanol–water partition coefficient (Wildman–Crippen LogP) is 13.6. The van der Waals surface area contributed by atoms with Gasteiger partial charge in [-0.15, -0.1) is 11.6 Å². The molecule has 10 rings (SSSR count). The van der Waals surface area contributed by atoms with E-state index in [0.29, 0.717) is 48.9 Å². The third-order valence-electron chi connectivity index (χ3n) is 14.6. The van der Waals surface area contributed by atoms with E-state index in [2.05, 4.69) is 15.3 Å². The van der Waals surface area contributed by atoms with Gasteiger partial charge in [0.15, 0.2) is 5.69 Å². The Morgan fingerprint density at radius 3 is 1.36 bits per heavy atom. The van der Waals surface area contributed by atoms with Crippen LogP contribution in [0.3, 0.4) is 0 Å². The molecule has 5 aromatic carbocycles. The summed E-state index contributed by atoms with van der Waals surface area (Å²) < 4.78 is 73.7. The number of carbonyl (C=O) groups excluding carboxylic acids is 6. The normalized spacial score (nSPS) is 12.6. The fourth-order valence-electron chi connectivity index (χ4n) is 10.3. The molecule has 0 radical (unpaired) electrons. The molecule has 102 heavy (non-hydrogen) atoms. The number of phenols is 1. The maximum atomic E-state index is 14.0. The first-order chi connectivity index (χ1) is 48.0. The lowest BCUT2D eigenvalue weighted by Crippen LogP contribution is -2.45. The second-order valence-corrected chi connectivity index (χ2v) is 28.0. The monoisotopic (exact) mass is 1430 g/mol. The van der Waals surface area contributed by atoms with Crippen molar-refractivity contribution in [2.45, 2.75) is 156 Å². The number of aliphatic hydroxyl groups excluding tert-OH is 1. The Labute approximate surface area is 597 Å². The van der Waals surface area contributed by atoms with Gasteiger partial charge in [-0.25, -0.2) is 23.6 Å². The number of halogens is 4. The number of fused-ring (bicyclic) bond motifs is 2. The first kappa shape index (κ1) is 79.1. The highest BCUT2D eigenvalue weighted by molar-refractivity contribution is 6.17. The molecule has 2 N–H and O–H groups in total. The number of para-hydroxylation sites is 3. The number of rotatable bonds is 18. The molecule has 546 valence electrons. The van der Waals surface area contributed by atoms with Crippen molar-refractivity contribution in [3.63, 3.8) is 0 Å². The van der Waals surface area contributed by atoms with Gasteiger partial charge < -0.3 is 43.7 Å². The Kier molecular flexibility index (Phi) is 27.1. The van der Waals surface area contributed by atoms with E-state index in [1.54, 1.807) is 154 Å². The zero-order chi connectivity index (χ0) is 74.7. The molecular weight excluding hydrogens is 1340 g/mol. The van der Waals surface area contributed by atoms with E-state index in [0.717, 1.165) is 44.5 Å². The Hall–Kier alpha value is -10.2. The molecule has 0 fully saturated rings. The number of hydrogen-bond donors (Lipinski definition) is 2. The number of esters is 2. The number of alkyl halides is 4. The topological polar surface area (TPSA) is 255 Å². The highest BCUT2D eigenvalue weighted by Gasteiger charge is 2.39. The molecule has 4 amide bonds. The number of aromatic nitrogens is 6. The van der Waals surface area contributed by atoms with Crippen molar-refractivity contribution in [2.75, 3.05) is 49.1 Å². The van der Waals surface area contributed by atoms with Crippen LogP contribution in [0.2, 0.25) is 0 Å². The number of aromatic hydroxyl groups is 1. The summed E-state index contributed by atoms with van der Waals surface area (Å²) in [7, 11) is 0. The van der Waals surface area contributed by atoms with Gasteiger partial charge in [0.25, 0.3) is 0 Å². The number of hydrogen-bond acceptors (Lipinski definition) is 16. The fourth-order valence-corrected chi connectivity index (χ4v) is 10.4. The molecule has 2 aliphatic heterocycles. The minimum atomic E-state index is -4.66. The van der Waals surface area contributed by atoms with Gasteiger partial charge in [-0.2, -0.15) is 28.5 Å². The van der Waals surface area contributed by atoms with Crippen LogP contribution in [0.25, 0.3) is 17.1 Å². The maximum Gasteiger partial charge on any atom is 0.433 e. The number of ether oxygens (including phenoxy) is 5. The second-order valence-electron chi connectivity index (χ2n) is 27.8. The number of benzene rings is 5. The molecule has 0 saturated carbocycles. The van der Waals surface area contributed by atoms with Gasteiger partial charge in [-0.1, -0.05) is 54.6 Å². The lowest BCUT2D eigenvalue weighted by atomic mass is 10.1. The zero-order valence-corrected chi connectivity index (χ0v) is 60.3. The summed E-state index contributed by atoms with van der Waals surface area (Å²) in [4.78, 5) is 81.9. The van der Waals surface area contributed by atoms with Crippen LogP contribution in [0, 0.1) is 0 Å². The molecular formula is C75H90ClF3N10O13. The van der Waals surface area contributed by atoms with Crippen molar-refractivity contribution >= 4 is 58.9 Å². The minimum Gasteiger partial charge on any atom is -0.508 e. The summed E-state index contributed by atoms with van der Waals surface area (Å²) in [6, 6.07) is 37.6. The number of nitrogens with zero attached hydrogens (tertiary/aromatic N) is 10. The molecule has 5 heterocycles. The van der Waals surface area contributed by atoms with Crippen molar-refractivity contribution in [2.24, 2.45) is 0 Å². The highest BCUT2D eigenvalue weighted by Crippen LogP contribution is 2.37. The van der Waals surface area contributed by atoms with Crippen molar-refractivity contribution < 1.29 is 75.8 Å². The van der Waals surface area contributed by atoms with E-state index in [9.17, 15) is 47.0 Å². The molecule has 0 unspecified atom stereocenters. The molecule has 3 aromatic heterocycles. The van der Waals surface area contributed by atoms with Crippen molar-refractivity contribution in [1.29, 1.82) is 0 Å². The fraction of sp³-hybridized carbons (Fsp3) is 0.400. The van der Waals surface area contributed by atoms with Crippen LogP contribution in [-0.2, 0) is 76.2 Å². The number of phenolic OH excluding ortho intramolecular Hbond substituents is 1. The second kappa shape index (κ2) is 34.9. The molecule has 27 heteroatoms. The number of anilines is 2. The molecule has 0 spiro atoms. The maximum absolute atomic E-state index is 14.0. The van der Waals surface area contributed by atoms with Crippen LogP contribution in [0.5, 0.6) is 11.5 Å². The van der Waals surface area contributed by atoms with E-state index in [1.807, 2.05) is 77.7 Å². The van der Waals surface area contributed by atoms with Gasteiger partial charge in [0.05, 0.1) is 61.0 Å². The predicted molar refractivity (Wildman–Crippen MR) is 379 cm³/mol. The molecule has 2 aliphatic rings. The first-order valence-electron chi connectivity index (χ1n) is 33.1. The Morgan fingerprint density at radius 1 is 0.529 bits per heavy atom. The standard InChI is InChI=1S/C33H39F3N4O6.C22H32N2O6.C10H9ClN2.C10H10N2O/c1-31(2,3)45-28(42)15-16-38(30(43)46-32(4,5)6)20-27(41)39-17-14-22-18-25(12-13-26(22)39)44-21-23-19-37-40(29(23)33(34,35)36)24-10-8-7-9-11-24;1-21(2,3)29-19(27)10-11-23(20(28)30-22(4,5)6)14-18(26)24-12-9-15-13-16(25)7-8-17(15)24;11-6-9-7-12-13(8-9)10-4-2-1-3-5-10;13-8-9-6-11-12(7-9)10-4-2-1-3-5-10/h7-13,18-19H,14-17,20-21H2,1-6H3;7-8,13,25H,9-12,14H2,1-6H3;1-5,7-8H,6H2;1-7,13H,8H2. The van der Waals surface area contributed by atoms with E-state index in [4.69, 9.17) is 40.4 Å². The first-order valence-corrected chi connectivity index (χ1v) is 33.6. The van der Waals surface area contributed by atoms with Gasteiger partial charge in [-0.3, -0.25) is 29.0 Å². The average molecular weight is 1430 g/mol. The van der Waals surface area contributed by atoms with Crippen LogP contribution in [0.15, 0.2) is 158 Å². The lowest BCUT2D eigenvalue weighted by molar-refractivity contribution is -0.156. The molecule has 0 atom stereocenters.